The van der Waals surface area contributed by atoms with Gasteiger partial charge in [-0.1, -0.05) is 43.2 Å². The second kappa shape index (κ2) is 11.3. The fourth-order valence-corrected chi connectivity index (χ4v) is 5.48. The lowest BCUT2D eigenvalue weighted by Crippen LogP contribution is -2.41. The molecule has 1 N–H and O–H groups in total. The highest BCUT2D eigenvalue weighted by atomic mass is 32.2. The summed E-state index contributed by atoms with van der Waals surface area (Å²) in [5, 5.41) is 4.13. The minimum atomic E-state index is -0.317. The first-order chi connectivity index (χ1) is 15.3. The van der Waals surface area contributed by atoms with E-state index >= 15 is 0 Å². The maximum atomic E-state index is 13.4. The summed E-state index contributed by atoms with van der Waals surface area (Å²) in [6.07, 6.45) is 5.74. The number of aromatic nitrogens is 2. The van der Waals surface area contributed by atoms with Crippen molar-refractivity contribution in [1.82, 2.24) is 19.8 Å². The number of nitrogens with zero attached hydrogens (tertiary/aromatic N) is 3. The van der Waals surface area contributed by atoms with Crippen molar-refractivity contribution in [2.24, 2.45) is 0 Å². The van der Waals surface area contributed by atoms with Crippen LogP contribution >= 0.6 is 11.8 Å². The summed E-state index contributed by atoms with van der Waals surface area (Å²) < 4.78 is 1.76. The van der Waals surface area contributed by atoms with Crippen molar-refractivity contribution in [1.29, 1.82) is 0 Å². The molecule has 0 bridgehead atoms. The number of fused-ring (bicyclic) bond motifs is 1. The maximum Gasteiger partial charge on any atom is 0.262 e. The van der Waals surface area contributed by atoms with Gasteiger partial charge in [0, 0.05) is 31.2 Å². The molecule has 1 fully saturated rings. The molecule has 1 atom stereocenters. The molecule has 0 saturated heterocycles. The number of amides is 1. The molecular formula is C25H38N4O2S. The molecule has 1 saturated carbocycles. The number of thioether (sulfide) groups is 1. The zero-order chi connectivity index (χ0) is 23.3. The highest BCUT2D eigenvalue weighted by Gasteiger charge is 2.23. The van der Waals surface area contributed by atoms with Crippen LogP contribution in [0.5, 0.6) is 0 Å². The minimum Gasteiger partial charge on any atom is -0.352 e. The van der Waals surface area contributed by atoms with Gasteiger partial charge in [0.2, 0.25) is 5.91 Å². The average molecular weight is 459 g/mol. The third-order valence-electron chi connectivity index (χ3n) is 6.34. The van der Waals surface area contributed by atoms with E-state index in [4.69, 9.17) is 4.98 Å². The molecule has 0 spiro atoms. The highest BCUT2D eigenvalue weighted by Crippen LogP contribution is 2.24. The molecule has 1 aliphatic rings. The monoisotopic (exact) mass is 458 g/mol. The van der Waals surface area contributed by atoms with E-state index in [0.717, 1.165) is 19.4 Å². The second-order valence-corrected chi connectivity index (χ2v) is 10.7. The van der Waals surface area contributed by atoms with Gasteiger partial charge in [0.25, 0.3) is 5.56 Å². The lowest BCUT2D eigenvalue weighted by Gasteiger charge is -2.31. The summed E-state index contributed by atoms with van der Waals surface area (Å²) in [5.74, 6) is 0.0295. The van der Waals surface area contributed by atoms with Gasteiger partial charge >= 0.3 is 0 Å². The van der Waals surface area contributed by atoms with Crippen LogP contribution in [-0.2, 0) is 11.3 Å². The van der Waals surface area contributed by atoms with Crippen molar-refractivity contribution >= 4 is 28.6 Å². The van der Waals surface area contributed by atoms with E-state index in [1.54, 1.807) is 4.57 Å². The van der Waals surface area contributed by atoms with Crippen LogP contribution in [-0.4, -0.2) is 50.3 Å². The molecule has 32 heavy (non-hydrogen) atoms. The van der Waals surface area contributed by atoms with Gasteiger partial charge in [-0.2, -0.15) is 0 Å². The number of hydrogen-bond acceptors (Lipinski definition) is 5. The summed E-state index contributed by atoms with van der Waals surface area (Å²) >= 11 is 1.39. The van der Waals surface area contributed by atoms with E-state index < -0.39 is 0 Å². The Morgan fingerprint density at radius 3 is 2.44 bits per heavy atom. The van der Waals surface area contributed by atoms with E-state index in [1.165, 1.54) is 31.0 Å². The van der Waals surface area contributed by atoms with E-state index in [0.29, 0.717) is 34.7 Å². The molecule has 1 heterocycles. The molecule has 0 aliphatic heterocycles. The molecule has 176 valence electrons. The van der Waals surface area contributed by atoms with Crippen LogP contribution in [0.2, 0.25) is 0 Å². The minimum absolute atomic E-state index is 0.0295. The van der Waals surface area contributed by atoms with Crippen LogP contribution in [0.1, 0.15) is 66.7 Å². The largest absolute Gasteiger partial charge is 0.352 e. The first-order valence-corrected chi connectivity index (χ1v) is 12.9. The van der Waals surface area contributed by atoms with Gasteiger partial charge in [0.15, 0.2) is 5.16 Å². The molecule has 6 nitrogen and oxygen atoms in total. The van der Waals surface area contributed by atoms with Gasteiger partial charge in [-0.05, 0) is 59.6 Å². The molecule has 1 amide bonds. The quantitative estimate of drug-likeness (QED) is 0.444. The predicted molar refractivity (Wildman–Crippen MR) is 133 cm³/mol. The van der Waals surface area contributed by atoms with E-state index in [-0.39, 0.29) is 22.8 Å². The Hall–Kier alpha value is -1.86. The van der Waals surface area contributed by atoms with Gasteiger partial charge in [0.05, 0.1) is 16.2 Å². The van der Waals surface area contributed by atoms with Crippen molar-refractivity contribution in [3.05, 3.63) is 34.6 Å². The number of rotatable bonds is 9. The summed E-state index contributed by atoms with van der Waals surface area (Å²) in [7, 11) is 0. The van der Waals surface area contributed by atoms with Crippen LogP contribution in [0.25, 0.3) is 10.9 Å². The predicted octanol–water partition coefficient (Wildman–Crippen LogP) is 4.44. The van der Waals surface area contributed by atoms with Crippen LogP contribution in [0.15, 0.2) is 34.2 Å². The first kappa shape index (κ1) is 24.8. The van der Waals surface area contributed by atoms with Crippen LogP contribution < -0.4 is 10.9 Å². The molecule has 0 radical (unpaired) electrons. The Kier molecular flexibility index (Phi) is 8.77. The summed E-state index contributed by atoms with van der Waals surface area (Å²) in [5.41, 5.74) is 0.645. The van der Waals surface area contributed by atoms with Crippen molar-refractivity contribution in [3.63, 3.8) is 0 Å². The average Bonchev–Trinajstić information content (AvgIpc) is 2.76. The molecule has 3 rings (SSSR count). The molecule has 1 unspecified atom stereocenters. The summed E-state index contributed by atoms with van der Waals surface area (Å²) in [6, 6.07) is 8.51. The number of carbonyl (C=O) groups is 1. The maximum absolute atomic E-state index is 13.4. The third kappa shape index (κ3) is 6.13. The van der Waals surface area contributed by atoms with Gasteiger partial charge in [0.1, 0.15) is 0 Å². The zero-order valence-electron chi connectivity index (χ0n) is 20.1. The van der Waals surface area contributed by atoms with Gasteiger partial charge in [-0.25, -0.2) is 4.98 Å². The van der Waals surface area contributed by atoms with Crippen LogP contribution in [0, 0.1) is 0 Å². The molecule has 2 aromatic rings. The summed E-state index contributed by atoms with van der Waals surface area (Å²) in [4.78, 5) is 33.4. The standard InChI is InChI=1S/C25H38N4O2S/c1-17(2)28(18(3)4)15-16-29-24(31)21-13-9-10-14-22(21)27-25(29)32-19(5)23(30)26-20-11-7-6-8-12-20/h9-10,13-14,17-20H,6-8,11-12,15-16H2,1-5H3,(H,26,30). The highest BCUT2D eigenvalue weighted by molar-refractivity contribution is 8.00. The SMILES string of the molecule is CC(Sc1nc2ccccc2c(=O)n1CCN(C(C)C)C(C)C)C(=O)NC1CCCCC1. The number of benzene rings is 1. The molecule has 1 aromatic carbocycles. The lowest BCUT2D eigenvalue weighted by atomic mass is 9.95. The van der Waals surface area contributed by atoms with Gasteiger partial charge < -0.3 is 5.32 Å². The Balaban J connectivity index is 1.84. The molecule has 7 heteroatoms. The van der Waals surface area contributed by atoms with Crippen molar-refractivity contribution in [2.75, 3.05) is 6.54 Å². The lowest BCUT2D eigenvalue weighted by molar-refractivity contribution is -0.121. The molecule has 1 aromatic heterocycles. The second-order valence-electron chi connectivity index (χ2n) is 9.40. The van der Waals surface area contributed by atoms with Crippen LogP contribution in [0.4, 0.5) is 0 Å². The molecule has 1 aliphatic carbocycles. The normalized spacial score (nSPS) is 16.2. The number of carbonyl (C=O) groups excluding carboxylic acids is 1. The van der Waals surface area contributed by atoms with Crippen molar-refractivity contribution in [3.8, 4) is 0 Å². The first-order valence-electron chi connectivity index (χ1n) is 12.0. The number of nitrogens with one attached hydrogen (secondary N) is 1. The van der Waals surface area contributed by atoms with Gasteiger partial charge in [-0.15, -0.1) is 0 Å². The number of hydrogen-bond donors (Lipinski definition) is 1. The zero-order valence-corrected chi connectivity index (χ0v) is 21.0. The Labute approximate surface area is 196 Å². The fourth-order valence-electron chi connectivity index (χ4n) is 4.54. The molecular weight excluding hydrogens is 420 g/mol. The summed E-state index contributed by atoms with van der Waals surface area (Å²) in [6.45, 7) is 11.9. The van der Waals surface area contributed by atoms with E-state index in [1.807, 2.05) is 31.2 Å². The Bertz CT molecular complexity index is 958. The third-order valence-corrected chi connectivity index (χ3v) is 7.43. The Morgan fingerprint density at radius 2 is 1.78 bits per heavy atom. The smallest absolute Gasteiger partial charge is 0.262 e. The van der Waals surface area contributed by atoms with E-state index in [9.17, 15) is 9.59 Å². The van der Waals surface area contributed by atoms with Crippen molar-refractivity contribution < 1.29 is 4.79 Å². The topological polar surface area (TPSA) is 67.2 Å². The van der Waals surface area contributed by atoms with E-state index in [2.05, 4.69) is 37.9 Å². The van der Waals surface area contributed by atoms with Crippen molar-refractivity contribution in [2.45, 2.75) is 102 Å². The van der Waals surface area contributed by atoms with Crippen LogP contribution in [0.3, 0.4) is 0 Å². The Morgan fingerprint density at radius 1 is 1.12 bits per heavy atom. The van der Waals surface area contributed by atoms with Gasteiger partial charge in [-0.3, -0.25) is 19.1 Å². The number of para-hydroxylation sites is 1. The fraction of sp³-hybridized carbons (Fsp3) is 0.640.